The zero-order valence-corrected chi connectivity index (χ0v) is 16.2. The number of hydrogen-bond acceptors (Lipinski definition) is 6. The SMILES string of the molecule is Cc1cc(-n2c(=O)on(C(=O)c3ccc(-c4ccccc4)cc3)c2=O)ccc1[N+](=O)[O-]. The summed E-state index contributed by atoms with van der Waals surface area (Å²) < 4.78 is 5.89. The molecule has 0 atom stereocenters. The van der Waals surface area contributed by atoms with Crippen LogP contribution >= 0.6 is 0 Å². The Bertz CT molecular complexity index is 1410. The second kappa shape index (κ2) is 7.71. The van der Waals surface area contributed by atoms with Gasteiger partial charge in [0.1, 0.15) is 0 Å². The molecule has 0 aliphatic rings. The Labute approximate surface area is 174 Å². The molecule has 0 N–H and O–H groups in total. The van der Waals surface area contributed by atoms with Crippen LogP contribution in [0.3, 0.4) is 0 Å². The van der Waals surface area contributed by atoms with Gasteiger partial charge >= 0.3 is 11.4 Å². The first-order chi connectivity index (χ1) is 14.9. The molecule has 4 rings (SSSR count). The van der Waals surface area contributed by atoms with E-state index in [0.29, 0.717) is 9.31 Å². The number of hydrogen-bond donors (Lipinski definition) is 0. The normalized spacial score (nSPS) is 10.7. The number of aryl methyl sites for hydroxylation is 1. The second-order valence-corrected chi connectivity index (χ2v) is 6.75. The van der Waals surface area contributed by atoms with Crippen LogP contribution in [0.4, 0.5) is 5.69 Å². The average molecular weight is 417 g/mol. The minimum absolute atomic E-state index is 0.0628. The van der Waals surface area contributed by atoms with Gasteiger partial charge in [0.05, 0.1) is 10.6 Å². The Morgan fingerprint density at radius 2 is 1.58 bits per heavy atom. The molecule has 0 bridgehead atoms. The number of benzene rings is 3. The third-order valence-corrected chi connectivity index (χ3v) is 4.78. The molecular formula is C22H15N3O6. The molecule has 0 unspecified atom stereocenters. The molecule has 9 heteroatoms. The second-order valence-electron chi connectivity index (χ2n) is 6.75. The van der Waals surface area contributed by atoms with Crippen molar-refractivity contribution < 1.29 is 14.2 Å². The number of carbonyl (C=O) groups excluding carboxylic acids is 1. The molecular weight excluding hydrogens is 402 g/mol. The summed E-state index contributed by atoms with van der Waals surface area (Å²) in [6, 6.07) is 19.8. The fraction of sp³-hybridized carbons (Fsp3) is 0.0455. The van der Waals surface area contributed by atoms with Crippen molar-refractivity contribution in [3.05, 3.63) is 115 Å². The summed E-state index contributed by atoms with van der Waals surface area (Å²) >= 11 is 0. The molecule has 0 saturated carbocycles. The highest BCUT2D eigenvalue weighted by atomic mass is 16.6. The van der Waals surface area contributed by atoms with Crippen molar-refractivity contribution in [2.45, 2.75) is 6.92 Å². The Hall–Kier alpha value is -4.53. The largest absolute Gasteiger partial charge is 0.447 e. The Kier molecular flexibility index (Phi) is 4.92. The van der Waals surface area contributed by atoms with Gasteiger partial charge in [-0.25, -0.2) is 9.59 Å². The highest BCUT2D eigenvalue weighted by Crippen LogP contribution is 2.21. The molecule has 0 saturated heterocycles. The van der Waals surface area contributed by atoms with Gasteiger partial charge in [-0.15, -0.1) is 0 Å². The molecule has 0 amide bonds. The van der Waals surface area contributed by atoms with E-state index >= 15 is 0 Å². The van der Waals surface area contributed by atoms with Crippen LogP contribution in [0.1, 0.15) is 15.9 Å². The van der Waals surface area contributed by atoms with Crippen LogP contribution in [0.25, 0.3) is 16.8 Å². The number of aromatic nitrogens is 2. The molecule has 154 valence electrons. The first-order valence-corrected chi connectivity index (χ1v) is 9.18. The molecule has 4 aromatic rings. The summed E-state index contributed by atoms with van der Waals surface area (Å²) in [6.07, 6.45) is 0. The summed E-state index contributed by atoms with van der Waals surface area (Å²) in [7, 11) is 0. The van der Waals surface area contributed by atoms with Crippen molar-refractivity contribution in [2.24, 2.45) is 0 Å². The maximum absolute atomic E-state index is 12.7. The quantitative estimate of drug-likeness (QED) is 0.372. The van der Waals surface area contributed by atoms with E-state index in [0.717, 1.165) is 11.1 Å². The summed E-state index contributed by atoms with van der Waals surface area (Å²) in [5.41, 5.74) is 1.15. The van der Waals surface area contributed by atoms with Crippen LogP contribution in [0.15, 0.2) is 86.9 Å². The zero-order chi connectivity index (χ0) is 22.1. The van der Waals surface area contributed by atoms with Gasteiger partial charge in [-0.2, -0.15) is 4.57 Å². The summed E-state index contributed by atoms with van der Waals surface area (Å²) in [5, 5.41) is 11.0. The van der Waals surface area contributed by atoms with Crippen LogP contribution in [-0.2, 0) is 0 Å². The fourth-order valence-corrected chi connectivity index (χ4v) is 3.21. The standard InChI is InChI=1S/C22H15N3O6/c1-14-13-18(11-12-19(14)25(29)30)23-21(27)24(31-22(23)28)20(26)17-9-7-16(8-10-17)15-5-3-2-4-6-15/h2-13H,1H3. The van der Waals surface area contributed by atoms with Gasteiger partial charge in [-0.05, 0) is 42.3 Å². The van der Waals surface area contributed by atoms with E-state index in [2.05, 4.69) is 0 Å². The Balaban J connectivity index is 1.70. The van der Waals surface area contributed by atoms with Gasteiger partial charge in [-0.1, -0.05) is 47.2 Å². The predicted octanol–water partition coefficient (Wildman–Crippen LogP) is 3.16. The molecule has 0 aliphatic heterocycles. The molecule has 9 nitrogen and oxygen atoms in total. The molecule has 0 radical (unpaired) electrons. The van der Waals surface area contributed by atoms with Gasteiger partial charge in [0, 0.05) is 17.2 Å². The van der Waals surface area contributed by atoms with Gasteiger partial charge in [-0.3, -0.25) is 14.9 Å². The van der Waals surface area contributed by atoms with E-state index in [1.165, 1.54) is 37.3 Å². The summed E-state index contributed by atoms with van der Waals surface area (Å²) in [4.78, 5) is 48.1. The Morgan fingerprint density at radius 1 is 0.935 bits per heavy atom. The van der Waals surface area contributed by atoms with Gasteiger partial charge < -0.3 is 4.52 Å². The maximum atomic E-state index is 12.7. The lowest BCUT2D eigenvalue weighted by molar-refractivity contribution is -0.385. The van der Waals surface area contributed by atoms with Gasteiger partial charge in [0.15, 0.2) is 0 Å². The first-order valence-electron chi connectivity index (χ1n) is 9.18. The van der Waals surface area contributed by atoms with E-state index in [9.17, 15) is 24.5 Å². The number of nitrogens with zero attached hydrogens (tertiary/aromatic N) is 3. The number of nitro groups is 1. The van der Waals surface area contributed by atoms with Crippen molar-refractivity contribution in [1.29, 1.82) is 0 Å². The third kappa shape index (κ3) is 3.60. The van der Waals surface area contributed by atoms with Crippen molar-refractivity contribution in [3.8, 4) is 16.8 Å². The fourth-order valence-electron chi connectivity index (χ4n) is 3.21. The number of carbonyl (C=O) groups is 1. The highest BCUT2D eigenvalue weighted by molar-refractivity contribution is 5.95. The van der Waals surface area contributed by atoms with Crippen LogP contribution in [0, 0.1) is 17.0 Å². The number of nitro benzene ring substituents is 1. The van der Waals surface area contributed by atoms with E-state index < -0.39 is 22.3 Å². The van der Waals surface area contributed by atoms with Crippen molar-refractivity contribution in [2.75, 3.05) is 0 Å². The molecule has 31 heavy (non-hydrogen) atoms. The molecule has 0 spiro atoms. The summed E-state index contributed by atoms with van der Waals surface area (Å²) in [6.45, 7) is 1.48. The number of rotatable bonds is 4. The first kappa shape index (κ1) is 19.8. The topological polar surface area (TPSA) is 117 Å². The maximum Gasteiger partial charge on any atom is 0.447 e. The lowest BCUT2D eigenvalue weighted by atomic mass is 10.0. The van der Waals surface area contributed by atoms with Crippen LogP contribution in [-0.4, -0.2) is 20.1 Å². The van der Waals surface area contributed by atoms with E-state index in [1.807, 2.05) is 30.3 Å². The smallest absolute Gasteiger partial charge is 0.308 e. The van der Waals surface area contributed by atoms with Crippen molar-refractivity contribution in [1.82, 2.24) is 9.31 Å². The van der Waals surface area contributed by atoms with E-state index in [-0.39, 0.29) is 22.5 Å². The highest BCUT2D eigenvalue weighted by Gasteiger charge is 2.21. The van der Waals surface area contributed by atoms with Crippen molar-refractivity contribution in [3.63, 3.8) is 0 Å². The lowest BCUT2D eigenvalue weighted by Crippen LogP contribution is -2.30. The Morgan fingerprint density at radius 3 is 2.19 bits per heavy atom. The van der Waals surface area contributed by atoms with E-state index in [1.54, 1.807) is 12.1 Å². The molecule has 1 heterocycles. The van der Waals surface area contributed by atoms with E-state index in [4.69, 9.17) is 4.52 Å². The average Bonchev–Trinajstić information content (AvgIpc) is 3.07. The monoisotopic (exact) mass is 417 g/mol. The zero-order valence-electron chi connectivity index (χ0n) is 16.2. The minimum atomic E-state index is -1.08. The van der Waals surface area contributed by atoms with Gasteiger partial charge in [0.25, 0.3) is 11.6 Å². The predicted molar refractivity (Wildman–Crippen MR) is 112 cm³/mol. The molecule has 3 aromatic carbocycles. The van der Waals surface area contributed by atoms with Crippen LogP contribution < -0.4 is 11.4 Å². The molecule has 0 aliphatic carbocycles. The summed E-state index contributed by atoms with van der Waals surface area (Å²) in [5.74, 6) is -1.88. The molecule has 0 fully saturated rings. The van der Waals surface area contributed by atoms with Gasteiger partial charge in [0.2, 0.25) is 0 Å². The van der Waals surface area contributed by atoms with Crippen LogP contribution in [0.2, 0.25) is 0 Å². The third-order valence-electron chi connectivity index (χ3n) is 4.78. The van der Waals surface area contributed by atoms with Crippen LogP contribution in [0.5, 0.6) is 0 Å². The minimum Gasteiger partial charge on any atom is -0.308 e. The molecule has 1 aromatic heterocycles. The lowest BCUT2D eigenvalue weighted by Gasteiger charge is -2.03. The van der Waals surface area contributed by atoms with Crippen molar-refractivity contribution >= 4 is 11.6 Å².